The van der Waals surface area contributed by atoms with Crippen molar-refractivity contribution in [3.8, 4) is 23.7 Å². The zero-order valence-electron chi connectivity index (χ0n) is 13.3. The maximum atomic E-state index is 11.9. The number of terminal acetylenes is 1. The number of benzene rings is 1. The summed E-state index contributed by atoms with van der Waals surface area (Å²) in [5.41, 5.74) is 1.89. The number of hydrogen-bond acceptors (Lipinski definition) is 6. The molecule has 0 bridgehead atoms. The van der Waals surface area contributed by atoms with Gasteiger partial charge in [-0.15, -0.1) is 6.42 Å². The predicted octanol–water partition coefficient (Wildman–Crippen LogP) is 3.05. The van der Waals surface area contributed by atoms with Crippen LogP contribution in [0.4, 0.5) is 0 Å². The van der Waals surface area contributed by atoms with Crippen LogP contribution in [0.5, 0.6) is 0 Å². The fourth-order valence-corrected chi connectivity index (χ4v) is 2.24. The number of furan rings is 1. The molecule has 25 heavy (non-hydrogen) atoms. The van der Waals surface area contributed by atoms with E-state index in [1.807, 2.05) is 0 Å². The molecule has 6 nitrogen and oxygen atoms in total. The number of nitrogens with zero attached hydrogens (tertiary/aromatic N) is 1. The molecule has 0 aliphatic carbocycles. The van der Waals surface area contributed by atoms with Crippen LogP contribution in [0.1, 0.15) is 23.0 Å². The van der Waals surface area contributed by atoms with E-state index in [-0.39, 0.29) is 6.61 Å². The molecule has 0 saturated carbocycles. The van der Waals surface area contributed by atoms with Crippen molar-refractivity contribution in [1.82, 2.24) is 0 Å². The molecule has 0 atom stereocenters. The van der Waals surface area contributed by atoms with Crippen molar-refractivity contribution in [2.24, 2.45) is 5.16 Å². The Balaban J connectivity index is 1.85. The van der Waals surface area contributed by atoms with Gasteiger partial charge in [0, 0.05) is 5.56 Å². The lowest BCUT2D eigenvalue weighted by atomic mass is 10.1. The standard InChI is InChI=1S/C19H13NO5/c1-3-9-23-18(21)14-6-4-5-13(10-14)17-8-7-15(24-17)11-16-12(2)20-25-19(16)22/h1,4-8,10-11H,9H2,2H3/b16-11-. The van der Waals surface area contributed by atoms with E-state index in [0.29, 0.717) is 33.9 Å². The molecule has 0 spiro atoms. The molecular formula is C19H13NO5. The van der Waals surface area contributed by atoms with Gasteiger partial charge in [0.15, 0.2) is 6.61 Å². The van der Waals surface area contributed by atoms with Crippen molar-refractivity contribution in [1.29, 1.82) is 0 Å². The molecule has 124 valence electrons. The van der Waals surface area contributed by atoms with Gasteiger partial charge in [-0.1, -0.05) is 23.2 Å². The Bertz CT molecular complexity index is 943. The Morgan fingerprint density at radius 1 is 1.36 bits per heavy atom. The van der Waals surface area contributed by atoms with E-state index in [1.54, 1.807) is 49.4 Å². The number of hydrogen-bond donors (Lipinski definition) is 0. The highest BCUT2D eigenvalue weighted by molar-refractivity contribution is 6.24. The van der Waals surface area contributed by atoms with E-state index in [4.69, 9.17) is 15.6 Å². The maximum absolute atomic E-state index is 11.9. The maximum Gasteiger partial charge on any atom is 0.367 e. The Labute approximate surface area is 143 Å². The van der Waals surface area contributed by atoms with Gasteiger partial charge in [0.25, 0.3) is 0 Å². The molecule has 1 aromatic carbocycles. The highest BCUT2D eigenvalue weighted by Crippen LogP contribution is 2.25. The van der Waals surface area contributed by atoms with Gasteiger partial charge in [-0.05, 0) is 37.3 Å². The summed E-state index contributed by atoms with van der Waals surface area (Å²) >= 11 is 0. The minimum Gasteiger partial charge on any atom is -0.457 e. The van der Waals surface area contributed by atoms with Crippen molar-refractivity contribution in [3.05, 3.63) is 53.3 Å². The second-order valence-electron chi connectivity index (χ2n) is 5.18. The van der Waals surface area contributed by atoms with E-state index < -0.39 is 11.9 Å². The summed E-state index contributed by atoms with van der Waals surface area (Å²) in [5.74, 6) is 2.23. The molecule has 0 unspecified atom stereocenters. The molecule has 3 rings (SSSR count). The van der Waals surface area contributed by atoms with Crippen molar-refractivity contribution in [2.45, 2.75) is 6.92 Å². The highest BCUT2D eigenvalue weighted by atomic mass is 16.7. The topological polar surface area (TPSA) is 78.1 Å². The number of rotatable bonds is 4. The second-order valence-corrected chi connectivity index (χ2v) is 5.18. The van der Waals surface area contributed by atoms with E-state index in [1.165, 1.54) is 0 Å². The molecule has 0 radical (unpaired) electrons. The van der Waals surface area contributed by atoms with E-state index in [0.717, 1.165) is 0 Å². The third-order valence-electron chi connectivity index (χ3n) is 3.46. The predicted molar refractivity (Wildman–Crippen MR) is 90.4 cm³/mol. The van der Waals surface area contributed by atoms with Gasteiger partial charge in [-0.3, -0.25) is 0 Å². The summed E-state index contributed by atoms with van der Waals surface area (Å²) < 4.78 is 10.6. The van der Waals surface area contributed by atoms with E-state index in [2.05, 4.69) is 15.9 Å². The third-order valence-corrected chi connectivity index (χ3v) is 3.46. The molecule has 1 aliphatic heterocycles. The molecule has 0 amide bonds. The van der Waals surface area contributed by atoms with Crippen LogP contribution >= 0.6 is 0 Å². The quantitative estimate of drug-likeness (QED) is 0.371. The molecule has 0 fully saturated rings. The van der Waals surface area contributed by atoms with Crippen LogP contribution in [0.15, 0.2) is 51.5 Å². The molecule has 0 saturated heterocycles. The zero-order chi connectivity index (χ0) is 17.8. The first-order valence-electron chi connectivity index (χ1n) is 7.37. The summed E-state index contributed by atoms with van der Waals surface area (Å²) in [6, 6.07) is 10.2. The highest BCUT2D eigenvalue weighted by Gasteiger charge is 2.22. The molecule has 2 heterocycles. The van der Waals surface area contributed by atoms with Gasteiger partial charge >= 0.3 is 11.9 Å². The van der Waals surface area contributed by atoms with Gasteiger partial charge in [0.2, 0.25) is 0 Å². The van der Waals surface area contributed by atoms with Crippen LogP contribution < -0.4 is 0 Å². The molecule has 1 aliphatic rings. The fourth-order valence-electron chi connectivity index (χ4n) is 2.24. The van der Waals surface area contributed by atoms with Crippen molar-refractivity contribution < 1.29 is 23.6 Å². The Kier molecular flexibility index (Phi) is 4.48. The largest absolute Gasteiger partial charge is 0.457 e. The van der Waals surface area contributed by atoms with Gasteiger partial charge in [0.05, 0.1) is 16.8 Å². The van der Waals surface area contributed by atoms with Crippen LogP contribution in [-0.4, -0.2) is 24.3 Å². The molecule has 2 aromatic rings. The first kappa shape index (κ1) is 16.3. The number of oxime groups is 1. The lowest BCUT2D eigenvalue weighted by Crippen LogP contribution is -2.05. The summed E-state index contributed by atoms with van der Waals surface area (Å²) in [5, 5.41) is 3.61. The normalized spacial score (nSPS) is 14.8. The van der Waals surface area contributed by atoms with Gasteiger partial charge in [-0.25, -0.2) is 9.59 Å². The fraction of sp³-hybridized carbons (Fsp3) is 0.105. The van der Waals surface area contributed by atoms with Crippen molar-refractivity contribution in [2.75, 3.05) is 6.61 Å². The monoisotopic (exact) mass is 335 g/mol. The summed E-state index contributed by atoms with van der Waals surface area (Å²) in [6.45, 7) is 1.59. The first-order chi connectivity index (χ1) is 12.1. The van der Waals surface area contributed by atoms with Crippen molar-refractivity contribution >= 4 is 23.7 Å². The molecule has 1 aromatic heterocycles. The number of esters is 1. The van der Waals surface area contributed by atoms with Gasteiger partial charge in [-0.2, -0.15) is 0 Å². The first-order valence-corrected chi connectivity index (χ1v) is 7.37. The summed E-state index contributed by atoms with van der Waals surface area (Å²) in [6.07, 6.45) is 6.63. The summed E-state index contributed by atoms with van der Waals surface area (Å²) in [4.78, 5) is 28.0. The van der Waals surface area contributed by atoms with Crippen LogP contribution in [0.3, 0.4) is 0 Å². The lowest BCUT2D eigenvalue weighted by molar-refractivity contribution is -0.136. The van der Waals surface area contributed by atoms with Crippen molar-refractivity contribution in [3.63, 3.8) is 0 Å². The van der Waals surface area contributed by atoms with E-state index in [9.17, 15) is 9.59 Å². The molecule has 0 N–H and O–H groups in total. The molecule has 6 heteroatoms. The summed E-state index contributed by atoms with van der Waals surface area (Å²) in [7, 11) is 0. The Morgan fingerprint density at radius 3 is 2.92 bits per heavy atom. The Morgan fingerprint density at radius 2 is 2.20 bits per heavy atom. The van der Waals surface area contributed by atoms with Crippen LogP contribution in [0.25, 0.3) is 17.4 Å². The average molecular weight is 335 g/mol. The number of ether oxygens (including phenoxy) is 1. The zero-order valence-corrected chi connectivity index (χ0v) is 13.3. The molecular weight excluding hydrogens is 322 g/mol. The van der Waals surface area contributed by atoms with Crippen LogP contribution in [-0.2, 0) is 14.4 Å². The van der Waals surface area contributed by atoms with Crippen LogP contribution in [0, 0.1) is 12.3 Å². The minimum atomic E-state index is -0.520. The SMILES string of the molecule is C#CCOC(=O)c1cccc(-c2ccc(/C=C3\C(=O)ON=C3C)o2)c1. The number of carbonyl (C=O) groups is 2. The second kappa shape index (κ2) is 6.89. The van der Waals surface area contributed by atoms with Gasteiger partial charge < -0.3 is 14.0 Å². The average Bonchev–Trinajstić information content (AvgIpc) is 3.22. The Hall–Kier alpha value is -3.59. The smallest absolute Gasteiger partial charge is 0.367 e. The van der Waals surface area contributed by atoms with Crippen LogP contribution in [0.2, 0.25) is 0 Å². The van der Waals surface area contributed by atoms with Gasteiger partial charge in [0.1, 0.15) is 11.5 Å². The third kappa shape index (κ3) is 3.51. The minimum absolute atomic E-state index is 0.0848. The number of carbonyl (C=O) groups excluding carboxylic acids is 2. The lowest BCUT2D eigenvalue weighted by Gasteiger charge is -2.03. The van der Waals surface area contributed by atoms with E-state index >= 15 is 0 Å².